The molecule has 1 heterocycles. The van der Waals surface area contributed by atoms with Crippen LogP contribution in [0.4, 0.5) is 0 Å². The topological polar surface area (TPSA) is 61.2 Å². The molecule has 1 aromatic heterocycles. The number of hydrogen-bond donors (Lipinski definition) is 1. The van der Waals surface area contributed by atoms with Crippen molar-refractivity contribution in [1.82, 2.24) is 20.1 Å². The number of methoxy groups -OCH3 is 2. The standard InChI is InChI=1S/C16H23ClN4O2/c1-10(2)21-9-19-20-16(21)11(3)18-8-12-6-13(17)7-14(22-4)15(12)23-5/h6-7,9-11,18H,8H2,1-5H3. The molecule has 1 atom stereocenters. The van der Waals surface area contributed by atoms with Gasteiger partial charge in [0.2, 0.25) is 0 Å². The number of aromatic nitrogens is 3. The summed E-state index contributed by atoms with van der Waals surface area (Å²) in [5.74, 6) is 2.20. The Balaban J connectivity index is 2.17. The second-order valence-corrected chi connectivity index (χ2v) is 6.03. The normalized spacial score (nSPS) is 12.5. The summed E-state index contributed by atoms with van der Waals surface area (Å²) in [5, 5.41) is 12.3. The van der Waals surface area contributed by atoms with Crippen molar-refractivity contribution in [3.05, 3.63) is 34.9 Å². The molecule has 1 aromatic carbocycles. The Bertz CT molecular complexity index is 658. The lowest BCUT2D eigenvalue weighted by molar-refractivity contribution is 0.349. The van der Waals surface area contributed by atoms with Gasteiger partial charge in [0.25, 0.3) is 0 Å². The van der Waals surface area contributed by atoms with Crippen LogP contribution in [0.5, 0.6) is 11.5 Å². The van der Waals surface area contributed by atoms with Crippen LogP contribution >= 0.6 is 11.6 Å². The number of halogens is 1. The molecule has 0 saturated heterocycles. The maximum atomic E-state index is 6.15. The first-order valence-corrected chi connectivity index (χ1v) is 7.88. The van der Waals surface area contributed by atoms with Crippen LogP contribution in [0.1, 0.15) is 44.2 Å². The van der Waals surface area contributed by atoms with Crippen LogP contribution in [0, 0.1) is 0 Å². The fourth-order valence-electron chi connectivity index (χ4n) is 2.45. The highest BCUT2D eigenvalue weighted by Gasteiger charge is 2.17. The molecular formula is C16H23ClN4O2. The molecule has 0 bridgehead atoms. The Morgan fingerprint density at radius 1 is 1.22 bits per heavy atom. The fourth-order valence-corrected chi connectivity index (χ4v) is 2.68. The van der Waals surface area contributed by atoms with E-state index in [1.165, 1.54) is 0 Å². The first-order chi connectivity index (χ1) is 11.0. The maximum Gasteiger partial charge on any atom is 0.165 e. The zero-order chi connectivity index (χ0) is 17.0. The molecule has 2 aromatic rings. The average molecular weight is 339 g/mol. The van der Waals surface area contributed by atoms with Crippen molar-refractivity contribution >= 4 is 11.6 Å². The summed E-state index contributed by atoms with van der Waals surface area (Å²) in [5.41, 5.74) is 0.930. The minimum absolute atomic E-state index is 0.0367. The van der Waals surface area contributed by atoms with Crippen LogP contribution in [-0.4, -0.2) is 29.0 Å². The Hall–Kier alpha value is -1.79. The summed E-state index contributed by atoms with van der Waals surface area (Å²) in [4.78, 5) is 0. The summed E-state index contributed by atoms with van der Waals surface area (Å²) in [6, 6.07) is 3.96. The minimum Gasteiger partial charge on any atom is -0.493 e. The molecule has 1 N–H and O–H groups in total. The van der Waals surface area contributed by atoms with Crippen LogP contribution in [0.25, 0.3) is 0 Å². The lowest BCUT2D eigenvalue weighted by Gasteiger charge is -2.18. The Labute approximate surface area is 141 Å². The van der Waals surface area contributed by atoms with Crippen molar-refractivity contribution in [2.45, 2.75) is 39.4 Å². The smallest absolute Gasteiger partial charge is 0.165 e. The van der Waals surface area contributed by atoms with E-state index in [1.807, 2.05) is 10.6 Å². The predicted octanol–water partition coefficient (Wildman–Crippen LogP) is 3.38. The summed E-state index contributed by atoms with van der Waals surface area (Å²) < 4.78 is 12.8. The molecule has 0 spiro atoms. The second kappa shape index (κ2) is 7.66. The molecule has 0 fully saturated rings. The largest absolute Gasteiger partial charge is 0.493 e. The lowest BCUT2D eigenvalue weighted by Crippen LogP contribution is -2.22. The molecular weight excluding hydrogens is 316 g/mol. The highest BCUT2D eigenvalue weighted by molar-refractivity contribution is 6.30. The Morgan fingerprint density at radius 2 is 1.96 bits per heavy atom. The quantitative estimate of drug-likeness (QED) is 0.838. The molecule has 0 aliphatic rings. The zero-order valence-corrected chi connectivity index (χ0v) is 14.9. The van der Waals surface area contributed by atoms with Crippen molar-refractivity contribution < 1.29 is 9.47 Å². The van der Waals surface area contributed by atoms with E-state index in [0.29, 0.717) is 29.1 Å². The number of ether oxygens (including phenoxy) is 2. The first kappa shape index (κ1) is 17.6. The molecule has 0 saturated carbocycles. The molecule has 0 aliphatic carbocycles. The van der Waals surface area contributed by atoms with E-state index in [0.717, 1.165) is 11.4 Å². The predicted molar refractivity (Wildman–Crippen MR) is 90.2 cm³/mol. The molecule has 7 heteroatoms. The number of hydrogen-bond acceptors (Lipinski definition) is 5. The lowest BCUT2D eigenvalue weighted by atomic mass is 10.1. The van der Waals surface area contributed by atoms with Gasteiger partial charge in [-0.2, -0.15) is 0 Å². The van der Waals surface area contributed by atoms with E-state index in [2.05, 4.69) is 36.3 Å². The van der Waals surface area contributed by atoms with Gasteiger partial charge in [0.05, 0.1) is 20.3 Å². The Kier molecular flexibility index (Phi) is 5.85. The molecule has 126 valence electrons. The van der Waals surface area contributed by atoms with Gasteiger partial charge < -0.3 is 19.4 Å². The van der Waals surface area contributed by atoms with E-state index >= 15 is 0 Å². The van der Waals surface area contributed by atoms with E-state index in [9.17, 15) is 0 Å². The van der Waals surface area contributed by atoms with Gasteiger partial charge in [-0.3, -0.25) is 0 Å². The van der Waals surface area contributed by atoms with Crippen LogP contribution in [0.3, 0.4) is 0 Å². The van der Waals surface area contributed by atoms with Gasteiger partial charge in [-0.15, -0.1) is 10.2 Å². The molecule has 6 nitrogen and oxygen atoms in total. The summed E-state index contributed by atoms with van der Waals surface area (Å²) in [7, 11) is 3.22. The van der Waals surface area contributed by atoms with Crippen molar-refractivity contribution in [1.29, 1.82) is 0 Å². The number of benzene rings is 1. The first-order valence-electron chi connectivity index (χ1n) is 7.51. The highest BCUT2D eigenvalue weighted by atomic mass is 35.5. The van der Waals surface area contributed by atoms with Crippen molar-refractivity contribution in [3.8, 4) is 11.5 Å². The maximum absolute atomic E-state index is 6.15. The van der Waals surface area contributed by atoms with E-state index in [4.69, 9.17) is 21.1 Å². The fraction of sp³-hybridized carbons (Fsp3) is 0.500. The second-order valence-electron chi connectivity index (χ2n) is 5.59. The molecule has 2 rings (SSSR count). The summed E-state index contributed by atoms with van der Waals surface area (Å²) >= 11 is 6.15. The molecule has 23 heavy (non-hydrogen) atoms. The number of nitrogens with zero attached hydrogens (tertiary/aromatic N) is 3. The minimum atomic E-state index is 0.0367. The summed E-state index contributed by atoms with van der Waals surface area (Å²) in [6.07, 6.45) is 1.75. The van der Waals surface area contributed by atoms with Gasteiger partial charge in [0.15, 0.2) is 11.5 Å². The van der Waals surface area contributed by atoms with E-state index in [1.54, 1.807) is 26.6 Å². The highest BCUT2D eigenvalue weighted by Crippen LogP contribution is 2.34. The molecule has 0 amide bonds. The average Bonchev–Trinajstić information content (AvgIpc) is 3.01. The van der Waals surface area contributed by atoms with Gasteiger partial charge in [-0.25, -0.2) is 0 Å². The van der Waals surface area contributed by atoms with Gasteiger partial charge in [0.1, 0.15) is 12.2 Å². The third-order valence-corrected chi connectivity index (χ3v) is 3.88. The summed E-state index contributed by atoms with van der Waals surface area (Å²) in [6.45, 7) is 6.83. The van der Waals surface area contributed by atoms with Gasteiger partial charge in [0, 0.05) is 29.2 Å². The van der Waals surface area contributed by atoms with Crippen LogP contribution in [0.15, 0.2) is 18.5 Å². The molecule has 1 unspecified atom stereocenters. The van der Waals surface area contributed by atoms with Crippen LogP contribution < -0.4 is 14.8 Å². The number of nitrogens with one attached hydrogen (secondary N) is 1. The monoisotopic (exact) mass is 338 g/mol. The van der Waals surface area contributed by atoms with Crippen molar-refractivity contribution in [2.75, 3.05) is 14.2 Å². The van der Waals surface area contributed by atoms with E-state index < -0.39 is 0 Å². The van der Waals surface area contributed by atoms with Gasteiger partial charge in [-0.05, 0) is 26.8 Å². The third-order valence-electron chi connectivity index (χ3n) is 3.66. The SMILES string of the molecule is COc1cc(Cl)cc(CNC(C)c2nncn2C(C)C)c1OC. The third kappa shape index (κ3) is 3.95. The molecule has 0 radical (unpaired) electrons. The van der Waals surface area contributed by atoms with Gasteiger partial charge in [-0.1, -0.05) is 11.6 Å². The zero-order valence-electron chi connectivity index (χ0n) is 14.1. The van der Waals surface area contributed by atoms with Gasteiger partial charge >= 0.3 is 0 Å². The van der Waals surface area contributed by atoms with Crippen LogP contribution in [0.2, 0.25) is 5.02 Å². The Morgan fingerprint density at radius 3 is 2.57 bits per heavy atom. The molecule has 0 aliphatic heterocycles. The van der Waals surface area contributed by atoms with E-state index in [-0.39, 0.29) is 6.04 Å². The van der Waals surface area contributed by atoms with Crippen molar-refractivity contribution in [2.24, 2.45) is 0 Å². The number of rotatable bonds is 7. The van der Waals surface area contributed by atoms with Crippen LogP contribution in [-0.2, 0) is 6.54 Å². The van der Waals surface area contributed by atoms with Crippen molar-refractivity contribution in [3.63, 3.8) is 0 Å².